The SMILES string of the molecule is CCn1cc(S(=O)(=O)N(CCC#N)c2ccc(F)cc2)cn1. The highest BCUT2D eigenvalue weighted by atomic mass is 32.2. The Morgan fingerprint density at radius 1 is 1.36 bits per heavy atom. The van der Waals surface area contributed by atoms with E-state index in [1.807, 2.05) is 13.0 Å². The lowest BCUT2D eigenvalue weighted by Crippen LogP contribution is -2.31. The maximum absolute atomic E-state index is 13.0. The summed E-state index contributed by atoms with van der Waals surface area (Å²) in [5.74, 6) is -0.458. The quantitative estimate of drug-likeness (QED) is 0.816. The number of nitriles is 1. The van der Waals surface area contributed by atoms with Crippen molar-refractivity contribution < 1.29 is 12.8 Å². The van der Waals surface area contributed by atoms with Crippen molar-refractivity contribution in [1.29, 1.82) is 5.26 Å². The van der Waals surface area contributed by atoms with Crippen LogP contribution in [0.1, 0.15) is 13.3 Å². The fourth-order valence-electron chi connectivity index (χ4n) is 1.92. The summed E-state index contributed by atoms with van der Waals surface area (Å²) in [5, 5.41) is 12.7. The van der Waals surface area contributed by atoms with Crippen LogP contribution in [0.15, 0.2) is 41.6 Å². The number of nitrogens with zero attached hydrogens (tertiary/aromatic N) is 4. The molecule has 8 heteroatoms. The van der Waals surface area contributed by atoms with Gasteiger partial charge in [-0.05, 0) is 31.2 Å². The van der Waals surface area contributed by atoms with E-state index in [-0.39, 0.29) is 17.9 Å². The molecule has 0 aliphatic carbocycles. The molecule has 0 N–H and O–H groups in total. The fraction of sp³-hybridized carbons (Fsp3) is 0.286. The van der Waals surface area contributed by atoms with Gasteiger partial charge in [0.1, 0.15) is 10.7 Å². The molecule has 2 aromatic rings. The smallest absolute Gasteiger partial charge is 0.267 e. The molecule has 1 aromatic carbocycles. The van der Waals surface area contributed by atoms with E-state index >= 15 is 0 Å². The number of halogens is 1. The summed E-state index contributed by atoms with van der Waals surface area (Å²) in [7, 11) is -3.85. The van der Waals surface area contributed by atoms with E-state index in [1.165, 1.54) is 41.3 Å². The standard InChI is InChI=1S/C14H15FN4O2S/c1-2-18-11-14(10-17-18)22(20,21)19(9-3-8-16)13-6-4-12(15)5-7-13/h4-7,10-11H,2-3,9H2,1H3. The third-order valence-electron chi connectivity index (χ3n) is 3.06. The lowest BCUT2D eigenvalue weighted by Gasteiger charge is -2.22. The number of aromatic nitrogens is 2. The van der Waals surface area contributed by atoms with Gasteiger partial charge in [-0.15, -0.1) is 0 Å². The van der Waals surface area contributed by atoms with Gasteiger partial charge in [-0.25, -0.2) is 12.8 Å². The Labute approximate surface area is 128 Å². The molecular formula is C14H15FN4O2S. The van der Waals surface area contributed by atoms with E-state index < -0.39 is 15.8 Å². The number of hydrogen-bond donors (Lipinski definition) is 0. The van der Waals surface area contributed by atoms with Gasteiger partial charge in [0.2, 0.25) is 0 Å². The number of rotatable bonds is 6. The molecule has 1 aromatic heterocycles. The van der Waals surface area contributed by atoms with Gasteiger partial charge in [0, 0.05) is 19.3 Å². The van der Waals surface area contributed by atoms with Crippen LogP contribution in [0, 0.1) is 17.1 Å². The van der Waals surface area contributed by atoms with Crippen LogP contribution >= 0.6 is 0 Å². The van der Waals surface area contributed by atoms with Gasteiger partial charge in [-0.1, -0.05) is 0 Å². The molecular weight excluding hydrogens is 307 g/mol. The summed E-state index contributed by atoms with van der Waals surface area (Å²) in [6, 6.07) is 7.02. The summed E-state index contributed by atoms with van der Waals surface area (Å²) in [5.41, 5.74) is 0.306. The third kappa shape index (κ3) is 3.26. The Morgan fingerprint density at radius 3 is 2.59 bits per heavy atom. The zero-order valence-electron chi connectivity index (χ0n) is 12.0. The highest BCUT2D eigenvalue weighted by molar-refractivity contribution is 7.92. The average Bonchev–Trinajstić information content (AvgIpc) is 2.99. The zero-order valence-corrected chi connectivity index (χ0v) is 12.8. The van der Waals surface area contributed by atoms with Crippen molar-refractivity contribution in [3.63, 3.8) is 0 Å². The minimum absolute atomic E-state index is 0.0121. The zero-order chi connectivity index (χ0) is 16.2. The molecule has 22 heavy (non-hydrogen) atoms. The van der Waals surface area contributed by atoms with Crippen molar-refractivity contribution in [1.82, 2.24) is 9.78 Å². The van der Waals surface area contributed by atoms with Gasteiger partial charge in [0.25, 0.3) is 10.0 Å². The number of anilines is 1. The molecule has 0 unspecified atom stereocenters. The van der Waals surface area contributed by atoms with Crippen LogP contribution in [0.5, 0.6) is 0 Å². The lowest BCUT2D eigenvalue weighted by molar-refractivity contribution is 0.590. The number of hydrogen-bond acceptors (Lipinski definition) is 4. The molecule has 0 fully saturated rings. The molecule has 0 atom stereocenters. The van der Waals surface area contributed by atoms with Crippen LogP contribution < -0.4 is 4.31 Å². The van der Waals surface area contributed by atoms with E-state index in [0.29, 0.717) is 12.2 Å². The fourth-order valence-corrected chi connectivity index (χ4v) is 3.35. The first-order valence-corrected chi connectivity index (χ1v) is 8.10. The van der Waals surface area contributed by atoms with Crippen LogP contribution in [0.4, 0.5) is 10.1 Å². The third-order valence-corrected chi connectivity index (χ3v) is 4.84. The van der Waals surface area contributed by atoms with E-state index in [2.05, 4.69) is 5.10 Å². The normalized spacial score (nSPS) is 11.1. The Morgan fingerprint density at radius 2 is 2.05 bits per heavy atom. The number of benzene rings is 1. The second-order valence-electron chi connectivity index (χ2n) is 4.49. The number of aryl methyl sites for hydroxylation is 1. The predicted molar refractivity (Wildman–Crippen MR) is 79.1 cm³/mol. The highest BCUT2D eigenvalue weighted by Crippen LogP contribution is 2.24. The van der Waals surface area contributed by atoms with Crippen LogP contribution in [0.3, 0.4) is 0 Å². The average molecular weight is 322 g/mol. The summed E-state index contributed by atoms with van der Waals surface area (Å²) < 4.78 is 41.1. The molecule has 0 spiro atoms. The van der Waals surface area contributed by atoms with Crippen LogP contribution in [-0.2, 0) is 16.6 Å². The maximum atomic E-state index is 13.0. The van der Waals surface area contributed by atoms with Crippen molar-refractivity contribution in [2.75, 3.05) is 10.8 Å². The molecule has 0 bridgehead atoms. The molecule has 0 aliphatic rings. The van der Waals surface area contributed by atoms with Gasteiger partial charge < -0.3 is 0 Å². The van der Waals surface area contributed by atoms with E-state index in [0.717, 1.165) is 4.31 Å². The van der Waals surface area contributed by atoms with Gasteiger partial charge in [0.05, 0.1) is 24.4 Å². The minimum Gasteiger partial charge on any atom is -0.272 e. The lowest BCUT2D eigenvalue weighted by atomic mass is 10.3. The van der Waals surface area contributed by atoms with E-state index in [4.69, 9.17) is 5.26 Å². The maximum Gasteiger partial charge on any atom is 0.267 e. The first-order valence-electron chi connectivity index (χ1n) is 6.66. The Balaban J connectivity index is 2.43. The van der Waals surface area contributed by atoms with E-state index in [1.54, 1.807) is 0 Å². The van der Waals surface area contributed by atoms with Crippen molar-refractivity contribution >= 4 is 15.7 Å². The molecule has 0 radical (unpaired) electrons. The Bertz CT molecular complexity index is 778. The molecule has 0 saturated heterocycles. The molecule has 0 saturated carbocycles. The predicted octanol–water partition coefficient (Wildman–Crippen LogP) is 2.15. The molecule has 1 heterocycles. The van der Waals surface area contributed by atoms with Gasteiger partial charge in [-0.3, -0.25) is 8.99 Å². The molecule has 2 rings (SSSR count). The van der Waals surface area contributed by atoms with Crippen molar-refractivity contribution in [3.05, 3.63) is 42.5 Å². The van der Waals surface area contributed by atoms with Gasteiger partial charge >= 0.3 is 0 Å². The first-order chi connectivity index (χ1) is 10.5. The molecule has 116 valence electrons. The summed E-state index contributed by atoms with van der Waals surface area (Å²) in [4.78, 5) is 0.0385. The second-order valence-corrected chi connectivity index (χ2v) is 6.36. The first kappa shape index (κ1) is 16.0. The minimum atomic E-state index is -3.85. The Hall–Kier alpha value is -2.40. The monoisotopic (exact) mass is 322 g/mol. The highest BCUT2D eigenvalue weighted by Gasteiger charge is 2.26. The van der Waals surface area contributed by atoms with Gasteiger partial charge in [-0.2, -0.15) is 10.4 Å². The molecule has 0 amide bonds. The van der Waals surface area contributed by atoms with Crippen molar-refractivity contribution in [3.8, 4) is 6.07 Å². The summed E-state index contributed by atoms with van der Waals surface area (Å²) >= 11 is 0. The van der Waals surface area contributed by atoms with Crippen molar-refractivity contribution in [2.24, 2.45) is 0 Å². The largest absolute Gasteiger partial charge is 0.272 e. The number of sulfonamides is 1. The molecule has 0 aliphatic heterocycles. The van der Waals surface area contributed by atoms with Crippen LogP contribution in [-0.4, -0.2) is 24.7 Å². The summed E-state index contributed by atoms with van der Waals surface area (Å²) in [6.07, 6.45) is 2.72. The van der Waals surface area contributed by atoms with Crippen molar-refractivity contribution in [2.45, 2.75) is 24.8 Å². The van der Waals surface area contributed by atoms with Crippen LogP contribution in [0.25, 0.3) is 0 Å². The Kier molecular flexibility index (Phi) is 4.78. The van der Waals surface area contributed by atoms with Crippen LogP contribution in [0.2, 0.25) is 0 Å². The van der Waals surface area contributed by atoms with Gasteiger partial charge in [0.15, 0.2) is 0 Å². The molecule has 6 nitrogen and oxygen atoms in total. The van der Waals surface area contributed by atoms with E-state index in [9.17, 15) is 12.8 Å². The summed E-state index contributed by atoms with van der Waals surface area (Å²) in [6.45, 7) is 2.38. The topological polar surface area (TPSA) is 79.0 Å². The second kappa shape index (κ2) is 6.58.